The summed E-state index contributed by atoms with van der Waals surface area (Å²) in [5.74, 6) is 0.954. The van der Waals surface area contributed by atoms with Crippen LogP contribution in [0.4, 0.5) is 0 Å². The van der Waals surface area contributed by atoms with Crippen molar-refractivity contribution in [3.05, 3.63) is 17.7 Å². The second-order valence-electron chi connectivity index (χ2n) is 2.92. The molecule has 0 aliphatic carbocycles. The summed E-state index contributed by atoms with van der Waals surface area (Å²) in [6.07, 6.45) is 2.88. The van der Waals surface area contributed by atoms with Crippen molar-refractivity contribution in [1.82, 2.24) is 9.55 Å². The molecule has 0 saturated heterocycles. The first-order valence-electron chi connectivity index (χ1n) is 4.20. The minimum Gasteiger partial charge on any atom is -0.334 e. The highest BCUT2D eigenvalue weighted by molar-refractivity contribution is 5.91. The Bertz CT molecular complexity index is 289. The van der Waals surface area contributed by atoms with Crippen molar-refractivity contribution >= 4 is 5.78 Å². The maximum Gasteiger partial charge on any atom is 0.179 e. The van der Waals surface area contributed by atoms with Crippen LogP contribution in [0, 0.1) is 6.92 Å². The lowest BCUT2D eigenvalue weighted by Crippen LogP contribution is -1.96. The number of carbonyl (C=O) groups excluding carboxylic acids is 1. The van der Waals surface area contributed by atoms with Crippen molar-refractivity contribution in [2.24, 2.45) is 0 Å². The Morgan fingerprint density at radius 3 is 2.75 bits per heavy atom. The van der Waals surface area contributed by atoms with E-state index in [-0.39, 0.29) is 5.78 Å². The zero-order chi connectivity index (χ0) is 9.14. The van der Waals surface area contributed by atoms with E-state index in [0.29, 0.717) is 5.69 Å². The van der Waals surface area contributed by atoms with Crippen LogP contribution in [-0.4, -0.2) is 15.3 Å². The van der Waals surface area contributed by atoms with Crippen LogP contribution in [0.3, 0.4) is 0 Å². The molecule has 0 fully saturated rings. The molecular formula is C9H14N2O. The smallest absolute Gasteiger partial charge is 0.179 e. The van der Waals surface area contributed by atoms with Crippen LogP contribution < -0.4 is 0 Å². The second kappa shape index (κ2) is 3.52. The predicted molar refractivity (Wildman–Crippen MR) is 47.3 cm³/mol. The molecule has 0 saturated carbocycles. The number of carbonyl (C=O) groups is 1. The molecule has 0 amide bonds. The quantitative estimate of drug-likeness (QED) is 0.642. The Labute approximate surface area is 72.4 Å². The van der Waals surface area contributed by atoms with Crippen LogP contribution in [0.1, 0.15) is 36.6 Å². The third kappa shape index (κ3) is 1.72. The third-order valence-corrected chi connectivity index (χ3v) is 1.80. The van der Waals surface area contributed by atoms with Gasteiger partial charge in [-0.15, -0.1) is 0 Å². The Morgan fingerprint density at radius 1 is 1.67 bits per heavy atom. The van der Waals surface area contributed by atoms with Gasteiger partial charge in [-0.05, 0) is 13.3 Å². The topological polar surface area (TPSA) is 34.9 Å². The van der Waals surface area contributed by atoms with Crippen molar-refractivity contribution < 1.29 is 4.79 Å². The van der Waals surface area contributed by atoms with Crippen molar-refractivity contribution in [3.8, 4) is 0 Å². The minimum absolute atomic E-state index is 0.0351. The summed E-state index contributed by atoms with van der Waals surface area (Å²) < 4.78 is 2.01. The van der Waals surface area contributed by atoms with Crippen molar-refractivity contribution in [3.63, 3.8) is 0 Å². The Kier molecular flexibility index (Phi) is 2.63. The van der Waals surface area contributed by atoms with Gasteiger partial charge in [-0.1, -0.05) is 6.92 Å². The molecule has 0 atom stereocenters. The van der Waals surface area contributed by atoms with Gasteiger partial charge in [-0.2, -0.15) is 0 Å². The number of nitrogens with zero attached hydrogens (tertiary/aromatic N) is 2. The van der Waals surface area contributed by atoms with Crippen LogP contribution in [0.2, 0.25) is 0 Å². The average molecular weight is 166 g/mol. The lowest BCUT2D eigenvalue weighted by molar-refractivity contribution is 0.101. The summed E-state index contributed by atoms with van der Waals surface area (Å²) >= 11 is 0. The SMILES string of the molecule is CCCn1cc(C(C)=O)nc1C. The number of hydrogen-bond acceptors (Lipinski definition) is 2. The van der Waals surface area contributed by atoms with Gasteiger partial charge >= 0.3 is 0 Å². The summed E-state index contributed by atoms with van der Waals surface area (Å²) in [4.78, 5) is 15.1. The Balaban J connectivity index is 2.92. The molecule has 0 aliphatic heterocycles. The summed E-state index contributed by atoms with van der Waals surface area (Å²) in [6.45, 7) is 6.50. The largest absolute Gasteiger partial charge is 0.334 e. The molecule has 0 aromatic carbocycles. The molecule has 1 heterocycles. The Morgan fingerprint density at radius 2 is 2.33 bits per heavy atom. The van der Waals surface area contributed by atoms with Crippen LogP contribution >= 0.6 is 0 Å². The summed E-state index contributed by atoms with van der Waals surface area (Å²) in [6, 6.07) is 0. The van der Waals surface area contributed by atoms with Crippen molar-refractivity contribution in [2.45, 2.75) is 33.7 Å². The fraction of sp³-hybridized carbons (Fsp3) is 0.556. The third-order valence-electron chi connectivity index (χ3n) is 1.80. The van der Waals surface area contributed by atoms with Gasteiger partial charge in [0.25, 0.3) is 0 Å². The van der Waals surface area contributed by atoms with Crippen LogP contribution in [0.25, 0.3) is 0 Å². The zero-order valence-corrected chi connectivity index (χ0v) is 7.79. The number of Topliss-reactive ketones (excluding diaryl/α,β-unsaturated/α-hetero) is 1. The fourth-order valence-electron chi connectivity index (χ4n) is 1.15. The summed E-state index contributed by atoms with van der Waals surface area (Å²) in [5.41, 5.74) is 0.570. The van der Waals surface area contributed by atoms with Crippen molar-refractivity contribution in [2.75, 3.05) is 0 Å². The van der Waals surface area contributed by atoms with Gasteiger partial charge < -0.3 is 4.57 Å². The van der Waals surface area contributed by atoms with E-state index >= 15 is 0 Å². The Hall–Kier alpha value is -1.12. The highest BCUT2D eigenvalue weighted by Gasteiger charge is 2.06. The molecule has 0 aliphatic rings. The molecule has 66 valence electrons. The molecule has 1 aromatic heterocycles. The monoisotopic (exact) mass is 166 g/mol. The second-order valence-corrected chi connectivity index (χ2v) is 2.92. The highest BCUT2D eigenvalue weighted by Crippen LogP contribution is 2.03. The van der Waals surface area contributed by atoms with E-state index in [9.17, 15) is 4.79 Å². The molecule has 0 spiro atoms. The normalized spacial score (nSPS) is 10.2. The van der Waals surface area contributed by atoms with Gasteiger partial charge in [0.2, 0.25) is 0 Å². The first-order valence-corrected chi connectivity index (χ1v) is 4.20. The number of hydrogen-bond donors (Lipinski definition) is 0. The van der Waals surface area contributed by atoms with E-state index in [1.54, 1.807) is 0 Å². The minimum atomic E-state index is 0.0351. The molecule has 1 rings (SSSR count). The van der Waals surface area contributed by atoms with Crippen LogP contribution in [0.5, 0.6) is 0 Å². The van der Waals surface area contributed by atoms with E-state index in [1.165, 1.54) is 6.92 Å². The van der Waals surface area contributed by atoms with E-state index < -0.39 is 0 Å². The van der Waals surface area contributed by atoms with E-state index in [2.05, 4.69) is 11.9 Å². The van der Waals surface area contributed by atoms with Gasteiger partial charge in [0.1, 0.15) is 11.5 Å². The van der Waals surface area contributed by atoms with Crippen LogP contribution in [-0.2, 0) is 6.54 Å². The number of ketones is 1. The molecule has 3 heteroatoms. The van der Waals surface area contributed by atoms with E-state index in [1.807, 2.05) is 17.7 Å². The molecule has 1 aromatic rings. The van der Waals surface area contributed by atoms with Crippen LogP contribution in [0.15, 0.2) is 6.20 Å². The van der Waals surface area contributed by atoms with Gasteiger partial charge in [0.05, 0.1) is 0 Å². The molecule has 0 N–H and O–H groups in total. The van der Waals surface area contributed by atoms with Gasteiger partial charge in [-0.25, -0.2) is 4.98 Å². The fourth-order valence-corrected chi connectivity index (χ4v) is 1.15. The van der Waals surface area contributed by atoms with Crippen molar-refractivity contribution in [1.29, 1.82) is 0 Å². The molecule has 0 bridgehead atoms. The molecular weight excluding hydrogens is 152 g/mol. The van der Waals surface area contributed by atoms with Gasteiger partial charge in [0.15, 0.2) is 5.78 Å². The number of imidazole rings is 1. The lowest BCUT2D eigenvalue weighted by Gasteiger charge is -1.99. The number of aryl methyl sites for hydroxylation is 2. The molecule has 3 nitrogen and oxygen atoms in total. The number of rotatable bonds is 3. The molecule has 0 radical (unpaired) electrons. The summed E-state index contributed by atoms with van der Waals surface area (Å²) in [5, 5.41) is 0. The first kappa shape index (κ1) is 8.97. The van der Waals surface area contributed by atoms with E-state index in [4.69, 9.17) is 0 Å². The molecule has 0 unspecified atom stereocenters. The number of aromatic nitrogens is 2. The van der Waals surface area contributed by atoms with Gasteiger partial charge in [-0.3, -0.25) is 4.79 Å². The highest BCUT2D eigenvalue weighted by atomic mass is 16.1. The zero-order valence-electron chi connectivity index (χ0n) is 7.79. The lowest BCUT2D eigenvalue weighted by atomic mass is 10.3. The van der Waals surface area contributed by atoms with E-state index in [0.717, 1.165) is 18.8 Å². The summed E-state index contributed by atoms with van der Waals surface area (Å²) in [7, 11) is 0. The maximum absolute atomic E-state index is 10.9. The standard InChI is InChI=1S/C9H14N2O/c1-4-5-11-6-9(7(2)12)10-8(11)3/h6H,4-5H2,1-3H3. The maximum atomic E-state index is 10.9. The van der Waals surface area contributed by atoms with Gasteiger partial charge in [0, 0.05) is 19.7 Å². The molecule has 12 heavy (non-hydrogen) atoms. The first-order chi connectivity index (χ1) is 5.65. The average Bonchev–Trinajstić information content (AvgIpc) is 2.34. The predicted octanol–water partition coefficient (Wildman–Crippen LogP) is 1.80.